The Hall–Kier alpha value is -2.49. The molecule has 1 atom stereocenters. The second kappa shape index (κ2) is 10.8. The Bertz CT molecular complexity index is 1130. The zero-order valence-electron chi connectivity index (χ0n) is 19.7. The average Bonchev–Trinajstić information content (AvgIpc) is 2.81. The molecule has 0 amide bonds. The summed E-state index contributed by atoms with van der Waals surface area (Å²) in [5, 5.41) is 7.95. The number of rotatable bonds is 14. The number of halogens is 28. The van der Waals surface area contributed by atoms with E-state index in [1.54, 1.807) is 0 Å². The summed E-state index contributed by atoms with van der Waals surface area (Å²) < 4.78 is 372. The first kappa shape index (κ1) is 43.5. The van der Waals surface area contributed by atoms with Crippen molar-refractivity contribution in [3.05, 3.63) is 0 Å². The molecule has 0 rings (SSSR count). The van der Waals surface area contributed by atoms with E-state index in [1.807, 2.05) is 0 Å². The van der Waals surface area contributed by atoms with Gasteiger partial charge in [0.15, 0.2) is 6.17 Å². The van der Waals surface area contributed by atoms with E-state index in [4.69, 9.17) is 5.11 Å². The molecular weight excluding hydrogens is 756 g/mol. The van der Waals surface area contributed by atoms with Crippen LogP contribution in [0.3, 0.4) is 0 Å². The van der Waals surface area contributed by atoms with Gasteiger partial charge in [0.05, 0.1) is 6.42 Å². The molecule has 0 aliphatic carbocycles. The molecule has 1 unspecified atom stereocenters. The smallest absolute Gasteiger partial charge is 0.460 e. The summed E-state index contributed by atoms with van der Waals surface area (Å²) in [7, 11) is 0. The molecule has 0 saturated heterocycles. The minimum Gasteiger partial charge on any atom is -0.481 e. The Balaban J connectivity index is 7.46. The molecule has 0 aromatic carbocycles. The van der Waals surface area contributed by atoms with E-state index >= 15 is 0 Å². The molecule has 0 aromatic rings. The summed E-state index contributed by atoms with van der Waals surface area (Å²) in [6.45, 7) is 0. The van der Waals surface area contributed by atoms with Crippen LogP contribution in [0.4, 0.5) is 123 Å². The third-order valence-corrected chi connectivity index (χ3v) is 5.47. The van der Waals surface area contributed by atoms with Crippen molar-refractivity contribution in [1.82, 2.24) is 0 Å². The Morgan fingerprint density at radius 1 is 0.370 bits per heavy atom. The van der Waals surface area contributed by atoms with Crippen molar-refractivity contribution in [2.75, 3.05) is 0 Å². The van der Waals surface area contributed by atoms with Gasteiger partial charge in [-0.2, -0.15) is 119 Å². The van der Waals surface area contributed by atoms with Crippen molar-refractivity contribution < 1.29 is 133 Å². The number of hydrogen-bond donors (Lipinski definition) is 1. The lowest BCUT2D eigenvalue weighted by atomic mass is 9.83. The molecule has 0 radical (unpaired) electrons. The number of carbonyl (C=O) groups is 1. The van der Waals surface area contributed by atoms with Gasteiger partial charge < -0.3 is 5.11 Å². The lowest BCUT2D eigenvalue weighted by Gasteiger charge is -2.46. The van der Waals surface area contributed by atoms with E-state index in [2.05, 4.69) is 0 Å². The van der Waals surface area contributed by atoms with E-state index < -0.39 is 95.8 Å². The summed E-state index contributed by atoms with van der Waals surface area (Å²) in [5.74, 6) is -115. The van der Waals surface area contributed by atoms with E-state index in [0.717, 1.165) is 0 Å². The minimum absolute atomic E-state index is 3.08. The highest BCUT2D eigenvalue weighted by Crippen LogP contribution is 2.68. The third kappa shape index (κ3) is 5.11. The van der Waals surface area contributed by atoms with Crippen molar-refractivity contribution in [2.45, 2.75) is 89.8 Å². The maximum Gasteiger partial charge on any atom is 0.460 e. The molecule has 0 heterocycles. The molecule has 0 saturated carbocycles. The van der Waals surface area contributed by atoms with Gasteiger partial charge in [0.2, 0.25) is 0 Å². The van der Waals surface area contributed by atoms with Gasteiger partial charge in [-0.15, -0.1) is 0 Å². The summed E-state index contributed by atoms with van der Waals surface area (Å²) >= 11 is 0. The fourth-order valence-corrected chi connectivity index (χ4v) is 2.64. The van der Waals surface area contributed by atoms with Crippen molar-refractivity contribution in [2.24, 2.45) is 0 Å². The molecule has 30 heteroatoms. The molecule has 1 N–H and O–H groups in total. The largest absolute Gasteiger partial charge is 0.481 e. The predicted octanol–water partition coefficient (Wildman–Crippen LogP) is 8.99. The zero-order chi connectivity index (χ0) is 38.4. The van der Waals surface area contributed by atoms with Crippen LogP contribution in [-0.2, 0) is 4.79 Å². The van der Waals surface area contributed by atoms with Gasteiger partial charge in [-0.3, -0.25) is 4.79 Å². The van der Waals surface area contributed by atoms with Crippen LogP contribution < -0.4 is 0 Å². The van der Waals surface area contributed by atoms with Crippen molar-refractivity contribution in [3.8, 4) is 0 Å². The van der Waals surface area contributed by atoms with Gasteiger partial charge in [-0.25, -0.2) is 4.39 Å². The third-order valence-electron chi connectivity index (χ3n) is 5.47. The second-order valence-electron chi connectivity index (χ2n) is 8.50. The highest BCUT2D eigenvalue weighted by Gasteiger charge is 3.00. The van der Waals surface area contributed by atoms with Crippen LogP contribution in [0, 0.1) is 0 Å². The van der Waals surface area contributed by atoms with Crippen molar-refractivity contribution in [1.29, 1.82) is 0 Å². The molecule has 46 heavy (non-hydrogen) atoms. The lowest BCUT2D eigenvalue weighted by molar-refractivity contribution is -0.485. The number of alkyl halides is 28. The molecular formula is C16H4F28O2. The van der Waals surface area contributed by atoms with Crippen molar-refractivity contribution in [3.63, 3.8) is 0 Å². The molecule has 2 nitrogen and oxygen atoms in total. The minimum atomic E-state index is -9.90. The van der Waals surface area contributed by atoms with Crippen LogP contribution in [0.15, 0.2) is 0 Å². The van der Waals surface area contributed by atoms with Crippen LogP contribution in [-0.4, -0.2) is 94.5 Å². The normalized spacial score (nSPS) is 17.3. The summed E-state index contributed by atoms with van der Waals surface area (Å²) in [6, 6.07) is 0. The molecule has 0 bridgehead atoms. The molecule has 276 valence electrons. The Kier molecular flexibility index (Phi) is 10.2. The predicted molar refractivity (Wildman–Crippen MR) is 82.6 cm³/mol. The average molecular weight is 760 g/mol. The number of hydrogen-bond acceptors (Lipinski definition) is 1. The van der Waals surface area contributed by atoms with Crippen molar-refractivity contribution >= 4 is 5.97 Å². The fourth-order valence-electron chi connectivity index (χ4n) is 2.64. The fraction of sp³-hybridized carbons (Fsp3) is 0.938. The first-order valence-electron chi connectivity index (χ1n) is 9.80. The summed E-state index contributed by atoms with van der Waals surface area (Å²) in [4.78, 5) is 10.1. The number of aliphatic carboxylic acids is 1. The Labute approximate surface area is 230 Å². The monoisotopic (exact) mass is 760 g/mol. The van der Waals surface area contributed by atoms with Gasteiger partial charge in [-0.05, 0) is 0 Å². The van der Waals surface area contributed by atoms with Gasteiger partial charge in [-0.1, -0.05) is 0 Å². The maximum atomic E-state index is 13.7. The van der Waals surface area contributed by atoms with E-state index in [0.29, 0.717) is 0 Å². The molecule has 0 aliphatic heterocycles. The van der Waals surface area contributed by atoms with Gasteiger partial charge >= 0.3 is 83.2 Å². The Morgan fingerprint density at radius 3 is 0.717 bits per heavy atom. The summed E-state index contributed by atoms with van der Waals surface area (Å²) in [6.07, 6.45) is -16.9. The summed E-state index contributed by atoms with van der Waals surface area (Å²) in [5.41, 5.74) is 0. The lowest BCUT2D eigenvalue weighted by Crippen LogP contribution is -2.79. The van der Waals surface area contributed by atoms with Crippen LogP contribution in [0.5, 0.6) is 0 Å². The zero-order valence-corrected chi connectivity index (χ0v) is 19.7. The van der Waals surface area contributed by atoms with Gasteiger partial charge in [0.1, 0.15) is 0 Å². The van der Waals surface area contributed by atoms with Crippen LogP contribution in [0.1, 0.15) is 6.42 Å². The first-order chi connectivity index (χ1) is 19.3. The molecule has 0 spiro atoms. The highest BCUT2D eigenvalue weighted by atomic mass is 19.4. The molecule has 0 aromatic heterocycles. The quantitative estimate of drug-likeness (QED) is 0.180. The first-order valence-corrected chi connectivity index (χ1v) is 9.80. The standard InChI is InChI=1S/C16H4F28O2/c17-2(1-3(45)46)4(18,19)5(20,21)6(22,23)7(24,25)8(26,27)9(28,29)10(30,31)11(32,33)12(34,35)13(36,37)14(38,39)15(40,41)16(42,43)44/h2H,1H2,(H,45,46). The van der Waals surface area contributed by atoms with Crippen LogP contribution in [0.2, 0.25) is 0 Å². The molecule has 0 aliphatic rings. The van der Waals surface area contributed by atoms with Crippen LogP contribution in [0.25, 0.3) is 0 Å². The molecule has 0 fully saturated rings. The topological polar surface area (TPSA) is 37.3 Å². The second-order valence-corrected chi connectivity index (χ2v) is 8.50. The van der Waals surface area contributed by atoms with Crippen LogP contribution >= 0.6 is 0 Å². The van der Waals surface area contributed by atoms with E-state index in [1.165, 1.54) is 0 Å². The Morgan fingerprint density at radius 2 is 0.543 bits per heavy atom. The SMILES string of the molecule is O=C(O)CC(F)C(F)(F)C(F)(F)C(F)(F)C(F)(F)C(F)(F)C(F)(F)C(F)(F)C(F)(F)C(F)(F)C(F)(F)C(F)(F)C(F)(F)C(F)(F)F. The van der Waals surface area contributed by atoms with Gasteiger partial charge in [0.25, 0.3) is 0 Å². The number of carboxylic acids is 1. The number of carboxylic acid groups (broad SMARTS) is 1. The van der Waals surface area contributed by atoms with Gasteiger partial charge in [0, 0.05) is 0 Å². The maximum absolute atomic E-state index is 13.7. The highest BCUT2D eigenvalue weighted by molar-refractivity contribution is 5.67. The van der Waals surface area contributed by atoms with E-state index in [9.17, 15) is 128 Å². The van der Waals surface area contributed by atoms with E-state index in [-0.39, 0.29) is 0 Å².